The van der Waals surface area contributed by atoms with E-state index >= 15 is 0 Å². The highest BCUT2D eigenvalue weighted by Crippen LogP contribution is 2.24. The third-order valence-electron chi connectivity index (χ3n) is 5.33. The molecule has 1 unspecified atom stereocenters. The van der Waals surface area contributed by atoms with Crippen LogP contribution in [-0.2, 0) is 14.3 Å². The summed E-state index contributed by atoms with van der Waals surface area (Å²) in [6, 6.07) is 5.56. The summed E-state index contributed by atoms with van der Waals surface area (Å²) in [7, 11) is 1.52. The van der Waals surface area contributed by atoms with Gasteiger partial charge >= 0.3 is 0 Å². The van der Waals surface area contributed by atoms with Crippen LogP contribution in [0.15, 0.2) is 45.6 Å². The fourth-order valence-electron chi connectivity index (χ4n) is 3.74. The van der Waals surface area contributed by atoms with E-state index in [0.29, 0.717) is 5.76 Å². The van der Waals surface area contributed by atoms with Gasteiger partial charge in [0, 0.05) is 19.7 Å². The largest absolute Gasteiger partial charge is 0.467 e. The normalized spacial score (nSPS) is 15.3. The molecule has 0 radical (unpaired) electrons. The van der Waals surface area contributed by atoms with Crippen LogP contribution in [-0.4, -0.2) is 55.5 Å². The number of furan rings is 2. The number of methoxy groups -OCH3 is 1. The van der Waals surface area contributed by atoms with E-state index < -0.39 is 17.9 Å². The Morgan fingerprint density at radius 1 is 1.13 bits per heavy atom. The van der Waals surface area contributed by atoms with Crippen LogP contribution >= 0.6 is 0 Å². The Morgan fingerprint density at radius 2 is 1.87 bits per heavy atom. The van der Waals surface area contributed by atoms with Crippen LogP contribution in [0.4, 0.5) is 0 Å². The van der Waals surface area contributed by atoms with Gasteiger partial charge in [0.25, 0.3) is 11.8 Å². The Bertz CT molecular complexity index is 828. The molecule has 0 aromatic carbocycles. The Morgan fingerprint density at radius 3 is 2.52 bits per heavy atom. The van der Waals surface area contributed by atoms with Gasteiger partial charge in [0.15, 0.2) is 11.8 Å². The minimum atomic E-state index is -0.958. The summed E-state index contributed by atoms with van der Waals surface area (Å²) in [5, 5.41) is 5.61. The molecule has 9 nitrogen and oxygen atoms in total. The molecule has 2 aromatic heterocycles. The van der Waals surface area contributed by atoms with Crippen molar-refractivity contribution < 1.29 is 28.0 Å². The molecule has 2 aromatic rings. The van der Waals surface area contributed by atoms with Crippen molar-refractivity contribution in [2.24, 2.45) is 0 Å². The van der Waals surface area contributed by atoms with Crippen LogP contribution in [0, 0.1) is 0 Å². The Kier molecular flexibility index (Phi) is 8.28. The van der Waals surface area contributed by atoms with Gasteiger partial charge in [-0.3, -0.25) is 14.4 Å². The number of amides is 3. The van der Waals surface area contributed by atoms with Crippen molar-refractivity contribution in [2.75, 3.05) is 26.8 Å². The van der Waals surface area contributed by atoms with Gasteiger partial charge in [0.2, 0.25) is 5.91 Å². The molecule has 1 fully saturated rings. The molecule has 0 spiro atoms. The molecule has 2 heterocycles. The summed E-state index contributed by atoms with van der Waals surface area (Å²) >= 11 is 0. The number of hydrogen-bond acceptors (Lipinski definition) is 6. The molecule has 0 bridgehead atoms. The van der Waals surface area contributed by atoms with E-state index in [1.165, 1.54) is 37.0 Å². The average Bonchev–Trinajstić information content (AvgIpc) is 3.50. The molecule has 0 saturated heterocycles. The predicted molar refractivity (Wildman–Crippen MR) is 111 cm³/mol. The summed E-state index contributed by atoms with van der Waals surface area (Å²) in [5.74, 6) is -0.781. The maximum absolute atomic E-state index is 13.2. The molecule has 3 rings (SSSR count). The molecule has 1 saturated carbocycles. The summed E-state index contributed by atoms with van der Waals surface area (Å²) in [4.78, 5) is 39.8. The maximum atomic E-state index is 13.2. The highest BCUT2D eigenvalue weighted by molar-refractivity contribution is 5.95. The number of carbonyl (C=O) groups excluding carboxylic acids is 3. The number of nitrogens with zero attached hydrogens (tertiary/aromatic N) is 1. The summed E-state index contributed by atoms with van der Waals surface area (Å²) in [5.41, 5.74) is 0. The van der Waals surface area contributed by atoms with Gasteiger partial charge in [-0.15, -0.1) is 0 Å². The minimum absolute atomic E-state index is 0.0803. The zero-order valence-corrected chi connectivity index (χ0v) is 17.7. The number of rotatable bonds is 10. The predicted octanol–water partition coefficient (Wildman–Crippen LogP) is 2.27. The first-order chi connectivity index (χ1) is 15.1. The number of ether oxygens (including phenoxy) is 1. The van der Waals surface area contributed by atoms with E-state index in [1.54, 1.807) is 18.2 Å². The second-order valence-electron chi connectivity index (χ2n) is 7.50. The van der Waals surface area contributed by atoms with E-state index in [4.69, 9.17) is 13.6 Å². The van der Waals surface area contributed by atoms with E-state index in [9.17, 15) is 14.4 Å². The summed E-state index contributed by atoms with van der Waals surface area (Å²) < 4.78 is 15.7. The van der Waals surface area contributed by atoms with Gasteiger partial charge in [0.05, 0.1) is 25.7 Å². The second-order valence-corrected chi connectivity index (χ2v) is 7.50. The van der Waals surface area contributed by atoms with E-state index in [2.05, 4.69) is 10.6 Å². The first-order valence-corrected chi connectivity index (χ1v) is 10.5. The Labute approximate surface area is 181 Å². The molecule has 9 heteroatoms. The molecule has 1 atom stereocenters. The van der Waals surface area contributed by atoms with Gasteiger partial charge in [-0.25, -0.2) is 0 Å². The van der Waals surface area contributed by atoms with E-state index in [-0.39, 0.29) is 37.4 Å². The van der Waals surface area contributed by atoms with E-state index in [0.717, 1.165) is 25.7 Å². The smallest absolute Gasteiger partial charge is 0.287 e. The van der Waals surface area contributed by atoms with Gasteiger partial charge in [-0.1, -0.05) is 19.3 Å². The highest BCUT2D eigenvalue weighted by atomic mass is 16.5. The summed E-state index contributed by atoms with van der Waals surface area (Å²) in [6.07, 6.45) is 7.99. The lowest BCUT2D eigenvalue weighted by Crippen LogP contribution is -2.50. The summed E-state index contributed by atoms with van der Waals surface area (Å²) in [6.45, 7) is 0.0956. The quantitative estimate of drug-likeness (QED) is 0.597. The average molecular weight is 431 g/mol. The monoisotopic (exact) mass is 431 g/mol. The van der Waals surface area contributed by atoms with Crippen molar-refractivity contribution in [3.63, 3.8) is 0 Å². The van der Waals surface area contributed by atoms with Crippen molar-refractivity contribution in [3.05, 3.63) is 48.3 Å². The molecule has 1 aliphatic rings. The molecular weight excluding hydrogens is 402 g/mol. The molecular formula is C22H29N3O6. The lowest BCUT2D eigenvalue weighted by atomic mass is 9.95. The third kappa shape index (κ3) is 6.21. The standard InChI is InChI=1S/C22H29N3O6/c1-29-14-11-25(19(26)15-23-21(27)18-10-6-13-31-18)20(17-9-5-12-30-17)22(28)24-16-7-3-2-4-8-16/h5-6,9-10,12-13,16,20H,2-4,7-8,11,14-15H2,1H3,(H,23,27)(H,24,28). The SMILES string of the molecule is COCCN(C(=O)CNC(=O)c1ccco1)C(C(=O)NC1CCCCC1)c1ccco1. The van der Waals surface area contributed by atoms with Crippen LogP contribution in [0.3, 0.4) is 0 Å². The zero-order valence-electron chi connectivity index (χ0n) is 17.7. The minimum Gasteiger partial charge on any atom is -0.467 e. The Hall–Kier alpha value is -3.07. The Balaban J connectivity index is 1.74. The lowest BCUT2D eigenvalue weighted by Gasteiger charge is -2.32. The van der Waals surface area contributed by atoms with Crippen molar-refractivity contribution >= 4 is 17.7 Å². The molecule has 168 valence electrons. The number of hydrogen-bond donors (Lipinski definition) is 2. The first kappa shape index (κ1) is 22.6. The number of carbonyl (C=O) groups is 3. The highest BCUT2D eigenvalue weighted by Gasteiger charge is 2.34. The van der Waals surface area contributed by atoms with Crippen LogP contribution in [0.1, 0.15) is 54.5 Å². The van der Waals surface area contributed by atoms with Crippen LogP contribution in [0.2, 0.25) is 0 Å². The molecule has 3 amide bonds. The van der Waals surface area contributed by atoms with Gasteiger partial charge < -0.3 is 29.1 Å². The molecule has 31 heavy (non-hydrogen) atoms. The maximum Gasteiger partial charge on any atom is 0.287 e. The van der Waals surface area contributed by atoms with Gasteiger partial charge in [-0.2, -0.15) is 0 Å². The van der Waals surface area contributed by atoms with Crippen molar-refractivity contribution in [3.8, 4) is 0 Å². The van der Waals surface area contributed by atoms with E-state index in [1.807, 2.05) is 0 Å². The van der Waals surface area contributed by atoms with Crippen LogP contribution in [0.5, 0.6) is 0 Å². The fourth-order valence-corrected chi connectivity index (χ4v) is 3.74. The van der Waals surface area contributed by atoms with Crippen molar-refractivity contribution in [1.82, 2.24) is 15.5 Å². The molecule has 2 N–H and O–H groups in total. The van der Waals surface area contributed by atoms with Crippen molar-refractivity contribution in [2.45, 2.75) is 44.2 Å². The zero-order chi connectivity index (χ0) is 22.1. The van der Waals surface area contributed by atoms with Gasteiger partial charge in [-0.05, 0) is 37.1 Å². The molecule has 0 aliphatic heterocycles. The fraction of sp³-hybridized carbons (Fsp3) is 0.500. The number of nitrogens with one attached hydrogen (secondary N) is 2. The molecule has 1 aliphatic carbocycles. The topological polar surface area (TPSA) is 114 Å². The second kappa shape index (κ2) is 11.4. The third-order valence-corrected chi connectivity index (χ3v) is 5.33. The first-order valence-electron chi connectivity index (χ1n) is 10.5. The lowest BCUT2D eigenvalue weighted by molar-refractivity contribution is -0.142. The van der Waals surface area contributed by atoms with Crippen LogP contribution in [0.25, 0.3) is 0 Å². The van der Waals surface area contributed by atoms with Crippen molar-refractivity contribution in [1.29, 1.82) is 0 Å². The van der Waals surface area contributed by atoms with Gasteiger partial charge in [0.1, 0.15) is 5.76 Å². The van der Waals surface area contributed by atoms with Crippen LogP contribution < -0.4 is 10.6 Å².